The molecule has 2 aromatic rings. The smallest absolute Gasteiger partial charge is 0.168 e. The van der Waals surface area contributed by atoms with E-state index in [2.05, 4.69) is 56.3 Å². The minimum absolute atomic E-state index is 0.564. The van der Waals surface area contributed by atoms with Crippen molar-refractivity contribution < 1.29 is 0 Å². The van der Waals surface area contributed by atoms with E-state index in [0.717, 1.165) is 26.2 Å². The number of nitrogens with one attached hydrogen (secondary N) is 1. The molecule has 21 heavy (non-hydrogen) atoms. The van der Waals surface area contributed by atoms with Crippen molar-refractivity contribution in [2.24, 2.45) is 0 Å². The van der Waals surface area contributed by atoms with Crippen molar-refractivity contribution >= 4 is 17.4 Å². The number of thioether (sulfide) groups is 1. The quantitative estimate of drug-likeness (QED) is 0.940. The highest BCUT2D eigenvalue weighted by molar-refractivity contribution is 7.99. The molecule has 3 heterocycles. The summed E-state index contributed by atoms with van der Waals surface area (Å²) < 4.78 is 2.27. The summed E-state index contributed by atoms with van der Waals surface area (Å²) in [6.45, 7) is 4.22. The fraction of sp³-hybridized carbons (Fsp3) is 0.438. The van der Waals surface area contributed by atoms with E-state index in [1.807, 2.05) is 11.8 Å². The highest BCUT2D eigenvalue weighted by atomic mass is 32.2. The average molecular weight is 300 g/mol. The molecule has 1 aromatic heterocycles. The summed E-state index contributed by atoms with van der Waals surface area (Å²) in [6.07, 6.45) is 3.41. The van der Waals surface area contributed by atoms with E-state index in [1.165, 1.54) is 28.7 Å². The summed E-state index contributed by atoms with van der Waals surface area (Å²) in [5.74, 6) is 1.17. The fourth-order valence-corrected chi connectivity index (χ4v) is 4.06. The number of hydrogen-bond acceptors (Lipinski definition) is 4. The first-order valence-electron chi connectivity index (χ1n) is 7.61. The van der Waals surface area contributed by atoms with Gasteiger partial charge in [-0.25, -0.2) is 4.98 Å². The van der Waals surface area contributed by atoms with Crippen LogP contribution in [0.4, 0.5) is 5.69 Å². The van der Waals surface area contributed by atoms with E-state index in [1.54, 1.807) is 0 Å². The molecule has 0 saturated carbocycles. The van der Waals surface area contributed by atoms with Gasteiger partial charge in [0, 0.05) is 49.9 Å². The number of aromatic nitrogens is 2. The number of nitrogens with zero attached hydrogens (tertiary/aromatic N) is 3. The highest BCUT2D eigenvalue weighted by Gasteiger charge is 2.22. The molecule has 110 valence electrons. The van der Waals surface area contributed by atoms with Gasteiger partial charge in [-0.1, -0.05) is 30.0 Å². The second kappa shape index (κ2) is 5.73. The van der Waals surface area contributed by atoms with Gasteiger partial charge in [0.2, 0.25) is 0 Å². The first kappa shape index (κ1) is 13.2. The lowest BCUT2D eigenvalue weighted by molar-refractivity contribution is 0.546. The molecule has 5 heteroatoms. The van der Waals surface area contributed by atoms with E-state index >= 15 is 0 Å². The predicted octanol–water partition coefficient (Wildman–Crippen LogP) is 2.36. The zero-order valence-electron chi connectivity index (χ0n) is 12.0. The van der Waals surface area contributed by atoms with Gasteiger partial charge in [-0.2, -0.15) is 0 Å². The second-order valence-electron chi connectivity index (χ2n) is 5.70. The molecule has 4 rings (SSSR count). The van der Waals surface area contributed by atoms with Gasteiger partial charge in [-0.3, -0.25) is 0 Å². The molecule has 1 fully saturated rings. The largest absolute Gasteiger partial charge is 0.370 e. The topological polar surface area (TPSA) is 33.1 Å². The maximum Gasteiger partial charge on any atom is 0.168 e. The Morgan fingerprint density at radius 1 is 1.24 bits per heavy atom. The van der Waals surface area contributed by atoms with Gasteiger partial charge >= 0.3 is 0 Å². The van der Waals surface area contributed by atoms with Crippen LogP contribution in [-0.2, 0) is 13.1 Å². The van der Waals surface area contributed by atoms with E-state index < -0.39 is 0 Å². The van der Waals surface area contributed by atoms with Crippen molar-refractivity contribution in [3.63, 3.8) is 0 Å². The Hall–Kier alpha value is -1.46. The van der Waals surface area contributed by atoms with Crippen molar-refractivity contribution in [3.8, 4) is 0 Å². The van der Waals surface area contributed by atoms with Crippen molar-refractivity contribution in [1.29, 1.82) is 0 Å². The molecule has 0 bridgehead atoms. The van der Waals surface area contributed by atoms with Crippen molar-refractivity contribution in [2.45, 2.75) is 30.7 Å². The molecular formula is C16H20N4S. The van der Waals surface area contributed by atoms with Crippen LogP contribution in [0.25, 0.3) is 0 Å². The zero-order valence-corrected chi connectivity index (χ0v) is 12.9. The lowest BCUT2D eigenvalue weighted by atomic mass is 10.2. The second-order valence-corrected chi connectivity index (χ2v) is 6.77. The number of rotatable bonds is 4. The normalized spacial score (nSPS) is 21.0. The van der Waals surface area contributed by atoms with Gasteiger partial charge in [0.1, 0.15) is 0 Å². The highest BCUT2D eigenvalue weighted by Crippen LogP contribution is 2.25. The maximum atomic E-state index is 4.68. The Bertz CT molecular complexity index is 588. The summed E-state index contributed by atoms with van der Waals surface area (Å²) in [7, 11) is 0. The number of para-hydroxylation sites is 1. The molecule has 1 aromatic carbocycles. The minimum Gasteiger partial charge on any atom is -0.370 e. The van der Waals surface area contributed by atoms with Crippen LogP contribution < -0.4 is 10.2 Å². The summed E-state index contributed by atoms with van der Waals surface area (Å²) in [5.41, 5.74) is 2.51. The van der Waals surface area contributed by atoms with E-state index in [-0.39, 0.29) is 0 Å². The number of fused-ring (bicyclic) bond motifs is 1. The fourth-order valence-electron chi connectivity index (χ4n) is 3.10. The standard InChI is InChI=1S/C16H20N4S/c1-2-4-15(5-3-1)19-7-6-13(11-19)17-10-14-12-20-8-9-21-16(20)18-14/h1-5,12-13,17H,6-11H2. The molecule has 0 aliphatic carbocycles. The lowest BCUT2D eigenvalue weighted by Gasteiger charge is -2.18. The number of benzene rings is 1. The van der Waals surface area contributed by atoms with Crippen LogP contribution in [0.2, 0.25) is 0 Å². The van der Waals surface area contributed by atoms with Crippen LogP contribution in [0.1, 0.15) is 12.1 Å². The van der Waals surface area contributed by atoms with Crippen LogP contribution in [-0.4, -0.2) is 34.4 Å². The monoisotopic (exact) mass is 300 g/mol. The summed E-state index contributed by atoms with van der Waals surface area (Å²) in [4.78, 5) is 7.14. The van der Waals surface area contributed by atoms with Gasteiger partial charge in [0.05, 0.1) is 5.69 Å². The summed E-state index contributed by atoms with van der Waals surface area (Å²) in [5, 5.41) is 4.84. The average Bonchev–Trinajstić information content (AvgIpc) is 3.21. The Morgan fingerprint density at radius 2 is 2.14 bits per heavy atom. The summed E-state index contributed by atoms with van der Waals surface area (Å²) in [6, 6.07) is 11.2. The van der Waals surface area contributed by atoms with Crippen LogP contribution in [0, 0.1) is 0 Å². The van der Waals surface area contributed by atoms with Crippen LogP contribution in [0.15, 0.2) is 41.7 Å². The third kappa shape index (κ3) is 2.80. The molecule has 0 spiro atoms. The van der Waals surface area contributed by atoms with Gasteiger partial charge in [-0.05, 0) is 18.6 Å². The molecule has 1 atom stereocenters. The van der Waals surface area contributed by atoms with Crippen LogP contribution in [0.3, 0.4) is 0 Å². The maximum absolute atomic E-state index is 4.68. The van der Waals surface area contributed by atoms with E-state index in [0.29, 0.717) is 6.04 Å². The van der Waals surface area contributed by atoms with Gasteiger partial charge in [0.15, 0.2) is 5.16 Å². The molecule has 0 radical (unpaired) electrons. The zero-order chi connectivity index (χ0) is 14.1. The molecule has 2 aliphatic rings. The molecule has 4 nitrogen and oxygen atoms in total. The number of hydrogen-bond donors (Lipinski definition) is 1. The third-order valence-electron chi connectivity index (χ3n) is 4.23. The van der Waals surface area contributed by atoms with Crippen molar-refractivity contribution in [1.82, 2.24) is 14.9 Å². The number of aryl methyl sites for hydroxylation is 1. The molecule has 1 saturated heterocycles. The van der Waals surface area contributed by atoms with Crippen LogP contribution >= 0.6 is 11.8 Å². The first-order chi connectivity index (χ1) is 10.4. The Kier molecular flexibility index (Phi) is 3.61. The third-order valence-corrected chi connectivity index (χ3v) is 5.21. The molecule has 1 unspecified atom stereocenters. The Labute approximate surface area is 129 Å². The summed E-state index contributed by atoms with van der Waals surface area (Å²) >= 11 is 1.86. The van der Waals surface area contributed by atoms with Crippen molar-refractivity contribution in [2.75, 3.05) is 23.7 Å². The predicted molar refractivity (Wildman–Crippen MR) is 86.9 cm³/mol. The number of imidazole rings is 1. The first-order valence-corrected chi connectivity index (χ1v) is 8.59. The molecular weight excluding hydrogens is 280 g/mol. The Morgan fingerprint density at radius 3 is 3.00 bits per heavy atom. The molecule has 1 N–H and O–H groups in total. The molecule has 2 aliphatic heterocycles. The van der Waals surface area contributed by atoms with Crippen LogP contribution in [0.5, 0.6) is 0 Å². The minimum atomic E-state index is 0.564. The van der Waals surface area contributed by atoms with Gasteiger partial charge < -0.3 is 14.8 Å². The van der Waals surface area contributed by atoms with E-state index in [9.17, 15) is 0 Å². The van der Waals surface area contributed by atoms with E-state index in [4.69, 9.17) is 0 Å². The van der Waals surface area contributed by atoms with Gasteiger partial charge in [-0.15, -0.1) is 0 Å². The lowest BCUT2D eigenvalue weighted by Crippen LogP contribution is -2.32. The van der Waals surface area contributed by atoms with Crippen molar-refractivity contribution in [3.05, 3.63) is 42.2 Å². The SMILES string of the molecule is c1ccc(N2CCC(NCc3cn4c(n3)SCC4)C2)cc1. The number of anilines is 1. The Balaban J connectivity index is 1.32. The van der Waals surface area contributed by atoms with Gasteiger partial charge in [0.25, 0.3) is 0 Å². The molecule has 0 amide bonds.